The van der Waals surface area contributed by atoms with Crippen LogP contribution in [-0.2, 0) is 23.5 Å². The van der Waals surface area contributed by atoms with E-state index in [4.69, 9.17) is 0 Å². The fourth-order valence-corrected chi connectivity index (χ4v) is 5.41. The molecular formula is C21H29N3O3S. The first-order valence-electron chi connectivity index (χ1n) is 9.90. The number of piperidine rings is 1. The molecule has 1 aromatic heterocycles. The van der Waals surface area contributed by atoms with E-state index in [1.807, 2.05) is 18.2 Å². The number of hydrogen-bond donors (Lipinski definition) is 1. The molecule has 1 fully saturated rings. The van der Waals surface area contributed by atoms with E-state index >= 15 is 0 Å². The highest BCUT2D eigenvalue weighted by molar-refractivity contribution is 7.89. The quantitative estimate of drug-likeness (QED) is 0.723. The van der Waals surface area contributed by atoms with Crippen LogP contribution in [0.1, 0.15) is 47.4 Å². The number of nitrogens with one attached hydrogen (secondary N) is 1. The molecule has 6 nitrogen and oxygen atoms in total. The smallest absolute Gasteiger partial charge is 0.267 e. The number of hydrogen-bond acceptors (Lipinski definition) is 3. The Kier molecular flexibility index (Phi) is 6.57. The first kappa shape index (κ1) is 20.6. The molecule has 0 radical (unpaired) electrons. The lowest BCUT2D eigenvalue weighted by molar-refractivity contribution is 0.0945. The number of carbonyl (C=O) groups excluding carboxylic acids is 1. The Morgan fingerprint density at radius 2 is 1.79 bits per heavy atom. The van der Waals surface area contributed by atoms with E-state index in [-0.39, 0.29) is 10.8 Å². The topological polar surface area (TPSA) is 71.4 Å². The van der Waals surface area contributed by atoms with Crippen LogP contribution in [-0.4, -0.2) is 42.8 Å². The molecule has 1 aliphatic heterocycles. The molecule has 7 heteroatoms. The second-order valence-electron chi connectivity index (χ2n) is 7.35. The molecule has 3 rings (SSSR count). The van der Waals surface area contributed by atoms with Crippen molar-refractivity contribution in [1.29, 1.82) is 0 Å². The Morgan fingerprint density at radius 3 is 2.46 bits per heavy atom. The monoisotopic (exact) mass is 403 g/mol. The third-order valence-corrected chi connectivity index (χ3v) is 7.44. The maximum Gasteiger partial charge on any atom is 0.267 e. The van der Waals surface area contributed by atoms with E-state index in [1.54, 1.807) is 22.8 Å². The van der Waals surface area contributed by atoms with Crippen LogP contribution in [0.3, 0.4) is 0 Å². The molecule has 2 heterocycles. The maximum atomic E-state index is 13.0. The molecule has 1 amide bonds. The summed E-state index contributed by atoms with van der Waals surface area (Å²) >= 11 is 0. The predicted octanol–water partition coefficient (Wildman–Crippen LogP) is 2.87. The number of amides is 1. The van der Waals surface area contributed by atoms with Crippen molar-refractivity contribution >= 4 is 15.9 Å². The normalized spacial score (nSPS) is 15.5. The van der Waals surface area contributed by atoms with Crippen LogP contribution in [0.25, 0.3) is 0 Å². The fourth-order valence-electron chi connectivity index (χ4n) is 3.62. The summed E-state index contributed by atoms with van der Waals surface area (Å²) in [6.45, 7) is 3.41. The number of benzene rings is 1. The largest absolute Gasteiger partial charge is 0.351 e. The zero-order chi connectivity index (χ0) is 20.1. The van der Waals surface area contributed by atoms with E-state index in [2.05, 4.69) is 17.4 Å². The van der Waals surface area contributed by atoms with E-state index in [0.717, 1.165) is 32.1 Å². The third-order valence-electron chi connectivity index (χ3n) is 5.42. The average molecular weight is 404 g/mol. The molecule has 1 saturated heterocycles. The molecule has 152 valence electrons. The first-order chi connectivity index (χ1) is 13.4. The molecule has 0 saturated carbocycles. The highest BCUT2D eigenvalue weighted by Crippen LogP contribution is 2.25. The van der Waals surface area contributed by atoms with Gasteiger partial charge in [-0.05, 0) is 44.2 Å². The minimum absolute atomic E-state index is 0.237. The maximum absolute atomic E-state index is 13.0. The summed E-state index contributed by atoms with van der Waals surface area (Å²) in [5, 5.41) is 2.91. The minimum Gasteiger partial charge on any atom is -0.351 e. The molecule has 0 aliphatic carbocycles. The van der Waals surface area contributed by atoms with Gasteiger partial charge in [-0.15, -0.1) is 0 Å². The van der Waals surface area contributed by atoms with Gasteiger partial charge in [0.15, 0.2) is 0 Å². The molecule has 0 bridgehead atoms. The van der Waals surface area contributed by atoms with Crippen molar-refractivity contribution in [2.24, 2.45) is 7.05 Å². The lowest BCUT2D eigenvalue weighted by Gasteiger charge is -2.25. The van der Waals surface area contributed by atoms with Crippen LogP contribution in [0.5, 0.6) is 0 Å². The van der Waals surface area contributed by atoms with Crippen LogP contribution in [0, 0.1) is 6.92 Å². The van der Waals surface area contributed by atoms with Gasteiger partial charge in [-0.1, -0.05) is 36.8 Å². The predicted molar refractivity (Wildman–Crippen MR) is 110 cm³/mol. The summed E-state index contributed by atoms with van der Waals surface area (Å²) in [5.74, 6) is -0.237. The van der Waals surface area contributed by atoms with E-state index in [1.165, 1.54) is 11.6 Å². The van der Waals surface area contributed by atoms with Crippen molar-refractivity contribution in [3.63, 3.8) is 0 Å². The van der Waals surface area contributed by atoms with E-state index in [9.17, 15) is 13.2 Å². The molecule has 0 atom stereocenters. The van der Waals surface area contributed by atoms with Crippen LogP contribution in [0.4, 0.5) is 0 Å². The molecule has 0 spiro atoms. The van der Waals surface area contributed by atoms with Crippen molar-refractivity contribution in [3.8, 4) is 0 Å². The van der Waals surface area contributed by atoms with Crippen LogP contribution >= 0.6 is 0 Å². The van der Waals surface area contributed by atoms with E-state index in [0.29, 0.717) is 31.0 Å². The van der Waals surface area contributed by atoms with Gasteiger partial charge in [0.25, 0.3) is 5.91 Å². The number of aromatic nitrogens is 1. The van der Waals surface area contributed by atoms with Gasteiger partial charge in [0.2, 0.25) is 10.0 Å². The summed E-state index contributed by atoms with van der Waals surface area (Å²) < 4.78 is 29.2. The molecule has 1 aliphatic rings. The zero-order valence-corrected chi connectivity index (χ0v) is 17.5. The Labute approximate surface area is 167 Å². The number of carbonyl (C=O) groups is 1. The second kappa shape index (κ2) is 8.92. The third kappa shape index (κ3) is 4.47. The number of sulfonamides is 1. The van der Waals surface area contributed by atoms with Crippen molar-refractivity contribution in [3.05, 3.63) is 53.3 Å². The summed E-state index contributed by atoms with van der Waals surface area (Å²) in [6, 6.07) is 11.7. The standard InChI is InChI=1S/C21H29N3O3S/c1-17-20(28(26,27)24-14-7-4-8-15-24)16-19(23(17)2)21(25)22-13-9-12-18-10-5-3-6-11-18/h3,5-6,10-11,16H,4,7-9,12-15H2,1-2H3,(H,22,25). The lowest BCUT2D eigenvalue weighted by Crippen LogP contribution is -2.35. The Balaban J connectivity index is 1.65. The van der Waals surface area contributed by atoms with E-state index < -0.39 is 10.0 Å². The number of nitrogens with zero attached hydrogens (tertiary/aromatic N) is 2. The first-order valence-corrected chi connectivity index (χ1v) is 11.3. The SMILES string of the molecule is Cc1c(S(=O)(=O)N2CCCCC2)cc(C(=O)NCCCc2ccccc2)n1C. The van der Waals surface area contributed by atoms with Gasteiger partial charge in [-0.3, -0.25) is 4.79 Å². The van der Waals surface area contributed by atoms with Gasteiger partial charge < -0.3 is 9.88 Å². The summed E-state index contributed by atoms with van der Waals surface area (Å²) in [5.41, 5.74) is 2.22. The number of aryl methyl sites for hydroxylation is 1. The molecule has 1 aromatic carbocycles. The minimum atomic E-state index is -3.56. The van der Waals surface area contributed by atoms with Crippen LogP contribution in [0.2, 0.25) is 0 Å². The molecule has 2 aromatic rings. The fraction of sp³-hybridized carbons (Fsp3) is 0.476. The summed E-state index contributed by atoms with van der Waals surface area (Å²) in [7, 11) is -1.82. The summed E-state index contributed by atoms with van der Waals surface area (Å²) in [4.78, 5) is 12.8. The van der Waals surface area contributed by atoms with Crippen molar-refractivity contribution < 1.29 is 13.2 Å². The molecule has 1 N–H and O–H groups in total. The lowest BCUT2D eigenvalue weighted by atomic mass is 10.1. The Bertz CT molecular complexity index is 914. The van der Waals surface area contributed by atoms with Gasteiger partial charge in [0.1, 0.15) is 10.6 Å². The van der Waals surface area contributed by atoms with Gasteiger partial charge in [-0.2, -0.15) is 4.31 Å². The average Bonchev–Trinajstić information content (AvgIpc) is 3.02. The van der Waals surface area contributed by atoms with Gasteiger partial charge in [-0.25, -0.2) is 8.42 Å². The van der Waals surface area contributed by atoms with Crippen molar-refractivity contribution in [2.75, 3.05) is 19.6 Å². The van der Waals surface area contributed by atoms with Gasteiger partial charge >= 0.3 is 0 Å². The number of rotatable bonds is 7. The van der Waals surface area contributed by atoms with Crippen molar-refractivity contribution in [2.45, 2.75) is 43.9 Å². The molecular weight excluding hydrogens is 374 g/mol. The zero-order valence-electron chi connectivity index (χ0n) is 16.6. The highest BCUT2D eigenvalue weighted by atomic mass is 32.2. The summed E-state index contributed by atoms with van der Waals surface area (Å²) in [6.07, 6.45) is 4.57. The van der Waals surface area contributed by atoms with Gasteiger partial charge in [0, 0.05) is 32.4 Å². The Hall–Kier alpha value is -2.12. The highest BCUT2D eigenvalue weighted by Gasteiger charge is 2.30. The van der Waals surface area contributed by atoms with Crippen LogP contribution < -0.4 is 5.32 Å². The molecule has 0 unspecified atom stereocenters. The molecule has 28 heavy (non-hydrogen) atoms. The van der Waals surface area contributed by atoms with Crippen LogP contribution in [0.15, 0.2) is 41.3 Å². The second-order valence-corrected chi connectivity index (χ2v) is 9.25. The van der Waals surface area contributed by atoms with Gasteiger partial charge in [0.05, 0.1) is 0 Å². The van der Waals surface area contributed by atoms with Crippen molar-refractivity contribution in [1.82, 2.24) is 14.2 Å². The Morgan fingerprint density at radius 1 is 1.11 bits per heavy atom.